The van der Waals surface area contributed by atoms with Crippen LogP contribution in [0.25, 0.3) is 0 Å². The van der Waals surface area contributed by atoms with Gasteiger partial charge in [-0.1, -0.05) is 49.8 Å². The summed E-state index contributed by atoms with van der Waals surface area (Å²) < 4.78 is 6.53. The molecule has 4 aliphatic carbocycles. The Hall–Kier alpha value is -1.41. The van der Waals surface area contributed by atoms with Gasteiger partial charge in [0.15, 0.2) is 5.78 Å². The van der Waals surface area contributed by atoms with Gasteiger partial charge in [0, 0.05) is 6.42 Å². The maximum absolute atomic E-state index is 12.0. The fourth-order valence-electron chi connectivity index (χ4n) is 7.56. The zero-order chi connectivity index (χ0) is 19.4. The van der Waals surface area contributed by atoms with Crippen molar-refractivity contribution in [3.63, 3.8) is 0 Å². The van der Waals surface area contributed by atoms with Crippen molar-refractivity contribution in [3.05, 3.63) is 47.5 Å². The minimum atomic E-state index is 0.279. The van der Waals surface area contributed by atoms with Crippen LogP contribution in [0.5, 0.6) is 0 Å². The number of ether oxygens (including phenoxy) is 1. The van der Waals surface area contributed by atoms with Crippen LogP contribution in [-0.2, 0) is 16.1 Å². The number of carbonyl (C=O) groups excluding carboxylic acids is 1. The predicted molar refractivity (Wildman–Crippen MR) is 112 cm³/mol. The molecule has 0 amide bonds. The maximum Gasteiger partial charge on any atom is 0.155 e. The van der Waals surface area contributed by atoms with Crippen molar-refractivity contribution in [1.29, 1.82) is 0 Å². The van der Waals surface area contributed by atoms with Crippen molar-refractivity contribution in [3.8, 4) is 0 Å². The van der Waals surface area contributed by atoms with E-state index in [1.807, 2.05) is 6.08 Å². The average molecular weight is 379 g/mol. The molecule has 0 N–H and O–H groups in total. The molecule has 28 heavy (non-hydrogen) atoms. The lowest BCUT2D eigenvalue weighted by molar-refractivity contribution is -0.119. The van der Waals surface area contributed by atoms with Crippen molar-refractivity contribution < 1.29 is 9.53 Å². The molecule has 3 fully saturated rings. The number of ketones is 1. The number of rotatable bonds is 3. The van der Waals surface area contributed by atoms with Crippen LogP contribution in [0.1, 0.15) is 70.8 Å². The van der Waals surface area contributed by atoms with Gasteiger partial charge in [-0.15, -0.1) is 0 Å². The number of hydrogen-bond acceptors (Lipinski definition) is 2. The lowest BCUT2D eigenvalue weighted by atomic mass is 9.47. The van der Waals surface area contributed by atoms with Gasteiger partial charge in [0.25, 0.3) is 0 Å². The molecule has 150 valence electrons. The molecule has 2 nitrogen and oxygen atoms in total. The van der Waals surface area contributed by atoms with Crippen molar-refractivity contribution in [1.82, 2.24) is 0 Å². The second-order valence-electron chi connectivity index (χ2n) is 10.4. The van der Waals surface area contributed by atoms with E-state index in [2.05, 4.69) is 44.2 Å². The zero-order valence-corrected chi connectivity index (χ0v) is 17.5. The molecular formula is C26H34O2. The van der Waals surface area contributed by atoms with E-state index in [0.717, 1.165) is 43.6 Å². The molecule has 0 aliphatic heterocycles. The SMILES string of the molecule is C[C@]12CC[C@@H]3[C@H](CCC4=CC(=O)CC[C@@]43C)[C@@H]1CC[C@@H]2OCc1ccccc1. The summed E-state index contributed by atoms with van der Waals surface area (Å²) in [5.74, 6) is 2.75. The molecule has 3 saturated carbocycles. The third-order valence-electron chi connectivity index (χ3n) is 9.17. The number of carbonyl (C=O) groups is 1. The van der Waals surface area contributed by atoms with E-state index in [1.165, 1.54) is 43.2 Å². The lowest BCUT2D eigenvalue weighted by Crippen LogP contribution is -2.51. The first-order valence-electron chi connectivity index (χ1n) is 11.4. The standard InChI is InChI=1S/C26H34O2/c1-25-14-12-20(27)16-19(25)8-9-21-22-10-11-24(26(22,2)15-13-23(21)25)28-17-18-6-4-3-5-7-18/h3-7,16,21-24H,8-15,17H2,1-2H3/t21-,22+,23-,24+,25+,26+/m1/s1. The number of benzene rings is 1. The molecule has 0 bridgehead atoms. The first kappa shape index (κ1) is 18.6. The monoisotopic (exact) mass is 378 g/mol. The van der Waals surface area contributed by atoms with Gasteiger partial charge < -0.3 is 4.74 Å². The smallest absolute Gasteiger partial charge is 0.155 e. The molecule has 0 saturated heterocycles. The first-order valence-corrected chi connectivity index (χ1v) is 11.4. The van der Waals surface area contributed by atoms with E-state index in [0.29, 0.717) is 17.3 Å². The Bertz CT molecular complexity index is 781. The second-order valence-corrected chi connectivity index (χ2v) is 10.4. The Balaban J connectivity index is 1.34. The molecule has 2 heteroatoms. The molecule has 6 atom stereocenters. The average Bonchev–Trinajstić information content (AvgIpc) is 3.04. The molecule has 1 aromatic carbocycles. The third kappa shape index (κ3) is 2.83. The Morgan fingerprint density at radius 3 is 2.61 bits per heavy atom. The lowest BCUT2D eigenvalue weighted by Gasteiger charge is -2.58. The van der Waals surface area contributed by atoms with Gasteiger partial charge in [0.1, 0.15) is 0 Å². The minimum absolute atomic E-state index is 0.279. The van der Waals surface area contributed by atoms with Crippen LogP contribution < -0.4 is 0 Å². The number of hydrogen-bond donors (Lipinski definition) is 0. The molecule has 0 unspecified atom stereocenters. The van der Waals surface area contributed by atoms with Crippen LogP contribution >= 0.6 is 0 Å². The fraction of sp³-hybridized carbons (Fsp3) is 0.654. The highest BCUT2D eigenvalue weighted by atomic mass is 16.5. The van der Waals surface area contributed by atoms with Gasteiger partial charge in [-0.05, 0) is 85.2 Å². The van der Waals surface area contributed by atoms with Crippen LogP contribution in [0.3, 0.4) is 0 Å². The Morgan fingerprint density at radius 1 is 0.964 bits per heavy atom. The molecule has 1 aromatic rings. The Kier molecular flexibility index (Phi) is 4.54. The molecular weight excluding hydrogens is 344 g/mol. The highest BCUT2D eigenvalue weighted by Crippen LogP contribution is 2.65. The van der Waals surface area contributed by atoms with E-state index in [-0.39, 0.29) is 5.41 Å². The maximum atomic E-state index is 12.0. The van der Waals surface area contributed by atoms with Gasteiger partial charge in [-0.2, -0.15) is 0 Å². The van der Waals surface area contributed by atoms with Crippen molar-refractivity contribution >= 4 is 5.78 Å². The summed E-state index contributed by atoms with van der Waals surface area (Å²) in [6, 6.07) is 10.6. The van der Waals surface area contributed by atoms with Crippen LogP contribution in [0.4, 0.5) is 0 Å². The molecule has 0 radical (unpaired) electrons. The minimum Gasteiger partial charge on any atom is -0.373 e. The summed E-state index contributed by atoms with van der Waals surface area (Å²) in [6.45, 7) is 5.74. The summed E-state index contributed by atoms with van der Waals surface area (Å²) >= 11 is 0. The van der Waals surface area contributed by atoms with E-state index < -0.39 is 0 Å². The molecule has 5 rings (SSSR count). The summed E-state index contributed by atoms with van der Waals surface area (Å²) in [7, 11) is 0. The quantitative estimate of drug-likeness (QED) is 0.635. The van der Waals surface area contributed by atoms with E-state index in [9.17, 15) is 4.79 Å². The van der Waals surface area contributed by atoms with Gasteiger partial charge in [0.05, 0.1) is 12.7 Å². The summed E-state index contributed by atoms with van der Waals surface area (Å²) in [5.41, 5.74) is 3.37. The summed E-state index contributed by atoms with van der Waals surface area (Å²) in [4.78, 5) is 12.0. The molecule has 0 spiro atoms. The van der Waals surface area contributed by atoms with Crippen LogP contribution in [0, 0.1) is 28.6 Å². The van der Waals surface area contributed by atoms with Crippen LogP contribution in [0.2, 0.25) is 0 Å². The molecule has 0 aromatic heterocycles. The van der Waals surface area contributed by atoms with Crippen LogP contribution in [-0.4, -0.2) is 11.9 Å². The molecule has 0 heterocycles. The fourth-order valence-corrected chi connectivity index (χ4v) is 7.56. The highest BCUT2D eigenvalue weighted by molar-refractivity contribution is 5.91. The van der Waals surface area contributed by atoms with Gasteiger partial charge in [-0.25, -0.2) is 0 Å². The zero-order valence-electron chi connectivity index (χ0n) is 17.5. The predicted octanol–water partition coefficient (Wildman–Crippen LogP) is 6.10. The second kappa shape index (κ2) is 6.83. The summed E-state index contributed by atoms with van der Waals surface area (Å²) in [6.07, 6.45) is 11.8. The highest BCUT2D eigenvalue weighted by Gasteiger charge is 2.59. The van der Waals surface area contributed by atoms with Gasteiger partial charge in [-0.3, -0.25) is 4.79 Å². The van der Waals surface area contributed by atoms with Gasteiger partial charge in [0.2, 0.25) is 0 Å². The summed E-state index contributed by atoms with van der Waals surface area (Å²) in [5, 5.41) is 0. The largest absolute Gasteiger partial charge is 0.373 e. The molecule has 4 aliphatic rings. The topological polar surface area (TPSA) is 26.3 Å². The van der Waals surface area contributed by atoms with Crippen molar-refractivity contribution in [2.45, 2.75) is 77.9 Å². The first-order chi connectivity index (χ1) is 13.5. The van der Waals surface area contributed by atoms with E-state index >= 15 is 0 Å². The van der Waals surface area contributed by atoms with E-state index in [1.54, 1.807) is 0 Å². The van der Waals surface area contributed by atoms with Crippen molar-refractivity contribution in [2.75, 3.05) is 0 Å². The van der Waals surface area contributed by atoms with E-state index in [4.69, 9.17) is 4.74 Å². The Morgan fingerprint density at radius 2 is 1.79 bits per heavy atom. The third-order valence-corrected chi connectivity index (χ3v) is 9.17. The number of fused-ring (bicyclic) bond motifs is 5. The number of allylic oxidation sites excluding steroid dienone is 1. The normalized spacial score (nSPS) is 42.4. The Labute approximate surface area is 169 Å². The van der Waals surface area contributed by atoms with Crippen LogP contribution in [0.15, 0.2) is 42.0 Å². The van der Waals surface area contributed by atoms with Gasteiger partial charge >= 0.3 is 0 Å². The van der Waals surface area contributed by atoms with Crippen molar-refractivity contribution in [2.24, 2.45) is 28.6 Å².